The van der Waals surface area contributed by atoms with Gasteiger partial charge in [0.1, 0.15) is 0 Å². The lowest BCUT2D eigenvalue weighted by Crippen LogP contribution is -2.35. The van der Waals surface area contributed by atoms with E-state index < -0.39 is 0 Å². The predicted molar refractivity (Wildman–Crippen MR) is 96.2 cm³/mol. The number of hydrogen-bond donors (Lipinski definition) is 2. The molecule has 5 heteroatoms. The van der Waals surface area contributed by atoms with Crippen molar-refractivity contribution in [3.05, 3.63) is 52.2 Å². The largest absolute Gasteiger partial charge is 0.338 e. The molecule has 1 fully saturated rings. The van der Waals surface area contributed by atoms with E-state index in [0.717, 1.165) is 18.8 Å². The number of likely N-dealkylation sites (N-methyl/N-ethyl adjacent to an activating group) is 1. The number of aryl methyl sites for hydroxylation is 1. The molecule has 23 heavy (non-hydrogen) atoms. The fourth-order valence-corrected chi connectivity index (χ4v) is 4.07. The molecule has 2 atom stereocenters. The SMILES string of the molecule is Cc1ccc(NC(=O)NC[C@@H]2CN(C)C[C@H]2c2cccs2)cc1. The summed E-state index contributed by atoms with van der Waals surface area (Å²) in [4.78, 5) is 15.9. The van der Waals surface area contributed by atoms with E-state index in [4.69, 9.17) is 0 Å². The summed E-state index contributed by atoms with van der Waals surface area (Å²) in [5.41, 5.74) is 2.01. The monoisotopic (exact) mass is 329 g/mol. The molecule has 3 rings (SSSR count). The number of amides is 2. The van der Waals surface area contributed by atoms with Gasteiger partial charge in [0.15, 0.2) is 0 Å². The highest BCUT2D eigenvalue weighted by molar-refractivity contribution is 7.10. The Morgan fingerprint density at radius 3 is 2.74 bits per heavy atom. The molecule has 2 aromatic rings. The number of rotatable bonds is 4. The Morgan fingerprint density at radius 1 is 1.26 bits per heavy atom. The normalized spacial score (nSPS) is 21.3. The number of anilines is 1. The second-order valence-corrected chi connectivity index (χ2v) is 7.28. The van der Waals surface area contributed by atoms with Gasteiger partial charge in [-0.25, -0.2) is 4.79 Å². The van der Waals surface area contributed by atoms with E-state index in [-0.39, 0.29) is 6.03 Å². The molecule has 0 aliphatic carbocycles. The number of nitrogens with one attached hydrogen (secondary N) is 2. The van der Waals surface area contributed by atoms with Crippen LogP contribution in [-0.2, 0) is 0 Å². The summed E-state index contributed by atoms with van der Waals surface area (Å²) in [5.74, 6) is 0.974. The molecule has 4 nitrogen and oxygen atoms in total. The smallest absolute Gasteiger partial charge is 0.319 e. The highest BCUT2D eigenvalue weighted by Gasteiger charge is 2.32. The zero-order chi connectivity index (χ0) is 16.2. The van der Waals surface area contributed by atoms with Crippen LogP contribution < -0.4 is 10.6 Å². The molecule has 122 valence electrons. The van der Waals surface area contributed by atoms with Crippen LogP contribution in [0.5, 0.6) is 0 Å². The van der Waals surface area contributed by atoms with Crippen molar-refractivity contribution in [2.24, 2.45) is 5.92 Å². The Labute approximate surface area is 141 Å². The van der Waals surface area contributed by atoms with E-state index in [1.54, 1.807) is 0 Å². The van der Waals surface area contributed by atoms with Gasteiger partial charge in [-0.3, -0.25) is 0 Å². The molecule has 0 unspecified atom stereocenters. The first-order valence-electron chi connectivity index (χ1n) is 7.95. The lowest BCUT2D eigenvalue weighted by atomic mass is 9.94. The maximum atomic E-state index is 12.1. The molecular weight excluding hydrogens is 306 g/mol. The van der Waals surface area contributed by atoms with Crippen LogP contribution in [0, 0.1) is 12.8 Å². The fourth-order valence-electron chi connectivity index (χ4n) is 3.15. The zero-order valence-corrected chi connectivity index (χ0v) is 14.4. The number of nitrogens with zero attached hydrogens (tertiary/aromatic N) is 1. The first-order valence-corrected chi connectivity index (χ1v) is 8.83. The molecule has 0 saturated carbocycles. The number of thiophene rings is 1. The van der Waals surface area contributed by atoms with Gasteiger partial charge < -0.3 is 15.5 Å². The van der Waals surface area contributed by atoms with Crippen LogP contribution in [0.15, 0.2) is 41.8 Å². The van der Waals surface area contributed by atoms with Gasteiger partial charge in [0.05, 0.1) is 0 Å². The van der Waals surface area contributed by atoms with Gasteiger partial charge in [-0.15, -0.1) is 11.3 Å². The van der Waals surface area contributed by atoms with E-state index >= 15 is 0 Å². The van der Waals surface area contributed by atoms with Crippen molar-refractivity contribution < 1.29 is 4.79 Å². The van der Waals surface area contributed by atoms with Gasteiger partial charge in [0.25, 0.3) is 0 Å². The summed E-state index contributed by atoms with van der Waals surface area (Å²) >= 11 is 1.81. The lowest BCUT2D eigenvalue weighted by molar-refractivity contribution is 0.249. The summed E-state index contributed by atoms with van der Waals surface area (Å²) in [6.07, 6.45) is 0. The summed E-state index contributed by atoms with van der Waals surface area (Å²) < 4.78 is 0. The van der Waals surface area contributed by atoms with Gasteiger partial charge in [-0.1, -0.05) is 23.8 Å². The Morgan fingerprint density at radius 2 is 2.04 bits per heavy atom. The molecule has 1 aromatic carbocycles. The number of urea groups is 1. The quantitative estimate of drug-likeness (QED) is 0.901. The van der Waals surface area contributed by atoms with E-state index in [1.165, 1.54) is 10.4 Å². The van der Waals surface area contributed by atoms with Gasteiger partial charge in [0.2, 0.25) is 0 Å². The molecule has 0 bridgehead atoms. The summed E-state index contributed by atoms with van der Waals surface area (Å²) in [6, 6.07) is 12.0. The predicted octanol–water partition coefficient (Wildman–Crippen LogP) is 3.52. The van der Waals surface area contributed by atoms with Crippen molar-refractivity contribution in [3.8, 4) is 0 Å². The first kappa shape index (κ1) is 16.0. The van der Waals surface area contributed by atoms with Crippen LogP contribution in [0.25, 0.3) is 0 Å². The van der Waals surface area contributed by atoms with Gasteiger partial charge in [-0.2, -0.15) is 0 Å². The number of carbonyl (C=O) groups excluding carboxylic acids is 1. The molecule has 1 aromatic heterocycles. The third kappa shape index (κ3) is 4.12. The number of benzene rings is 1. The molecular formula is C18H23N3OS. The van der Waals surface area contributed by atoms with Crippen LogP contribution in [0.4, 0.5) is 10.5 Å². The highest BCUT2D eigenvalue weighted by Crippen LogP contribution is 2.34. The van der Waals surface area contributed by atoms with Crippen molar-refractivity contribution in [1.29, 1.82) is 0 Å². The van der Waals surface area contributed by atoms with Crippen LogP contribution in [0.3, 0.4) is 0 Å². The molecule has 2 amide bonds. The summed E-state index contributed by atoms with van der Waals surface area (Å²) in [5, 5.41) is 8.05. The minimum atomic E-state index is -0.131. The van der Waals surface area contributed by atoms with Crippen LogP contribution in [0.1, 0.15) is 16.4 Å². The molecule has 0 radical (unpaired) electrons. The molecule has 1 aliphatic rings. The Bertz CT molecular complexity index is 639. The van der Waals surface area contributed by atoms with Crippen molar-refractivity contribution in [3.63, 3.8) is 0 Å². The van der Waals surface area contributed by atoms with E-state index in [0.29, 0.717) is 18.4 Å². The Balaban J connectivity index is 1.54. The molecule has 1 aliphatic heterocycles. The number of likely N-dealkylation sites (tertiary alicyclic amines) is 1. The third-order valence-corrected chi connectivity index (χ3v) is 5.37. The Hall–Kier alpha value is -1.85. The van der Waals surface area contributed by atoms with Gasteiger partial charge >= 0.3 is 6.03 Å². The van der Waals surface area contributed by atoms with Crippen LogP contribution in [-0.4, -0.2) is 37.6 Å². The first-order chi connectivity index (χ1) is 11.1. The topological polar surface area (TPSA) is 44.4 Å². The maximum absolute atomic E-state index is 12.1. The average molecular weight is 329 g/mol. The van der Waals surface area contributed by atoms with Gasteiger partial charge in [0, 0.05) is 36.1 Å². The van der Waals surface area contributed by atoms with Crippen molar-refractivity contribution >= 4 is 23.1 Å². The average Bonchev–Trinajstić information content (AvgIpc) is 3.16. The van der Waals surface area contributed by atoms with Crippen molar-refractivity contribution in [2.75, 3.05) is 32.0 Å². The molecule has 2 N–H and O–H groups in total. The summed E-state index contributed by atoms with van der Waals surface area (Å²) in [7, 11) is 2.15. The molecule has 1 saturated heterocycles. The van der Waals surface area contributed by atoms with E-state index in [2.05, 4.69) is 40.1 Å². The number of hydrogen-bond acceptors (Lipinski definition) is 3. The maximum Gasteiger partial charge on any atom is 0.319 e. The van der Waals surface area contributed by atoms with Crippen molar-refractivity contribution in [2.45, 2.75) is 12.8 Å². The van der Waals surface area contributed by atoms with Crippen molar-refractivity contribution in [1.82, 2.24) is 10.2 Å². The standard InChI is InChI=1S/C18H23N3OS/c1-13-5-7-15(8-6-13)20-18(22)19-10-14-11-21(2)12-16(14)17-4-3-9-23-17/h3-9,14,16H,10-12H2,1-2H3,(H2,19,20,22)/t14-,16-/m1/s1. The molecule has 2 heterocycles. The lowest BCUT2D eigenvalue weighted by Gasteiger charge is -2.18. The fraction of sp³-hybridized carbons (Fsp3) is 0.389. The molecule has 0 spiro atoms. The second-order valence-electron chi connectivity index (χ2n) is 6.30. The van der Waals surface area contributed by atoms with Crippen LogP contribution >= 0.6 is 11.3 Å². The van der Waals surface area contributed by atoms with E-state index in [9.17, 15) is 4.79 Å². The van der Waals surface area contributed by atoms with E-state index in [1.807, 2.05) is 42.5 Å². The zero-order valence-electron chi connectivity index (χ0n) is 13.6. The highest BCUT2D eigenvalue weighted by atomic mass is 32.1. The van der Waals surface area contributed by atoms with Gasteiger partial charge in [-0.05, 0) is 43.5 Å². The third-order valence-electron chi connectivity index (χ3n) is 4.37. The second kappa shape index (κ2) is 7.15. The minimum Gasteiger partial charge on any atom is -0.338 e. The Kier molecular flexibility index (Phi) is 4.98. The summed E-state index contributed by atoms with van der Waals surface area (Å²) in [6.45, 7) is 4.82. The number of carbonyl (C=O) groups is 1. The van der Waals surface area contributed by atoms with Crippen LogP contribution in [0.2, 0.25) is 0 Å². The minimum absolute atomic E-state index is 0.131.